The molecular formula is C14H26N2O3. The molecule has 1 fully saturated rings. The van der Waals surface area contributed by atoms with Crippen LogP contribution in [0.3, 0.4) is 0 Å². The minimum Gasteiger partial charge on any atom is -0.480 e. The first-order valence-electron chi connectivity index (χ1n) is 6.89. The quantitative estimate of drug-likeness (QED) is 0.842. The van der Waals surface area contributed by atoms with Crippen molar-refractivity contribution in [2.45, 2.75) is 71.1 Å². The number of rotatable bonds is 4. The van der Waals surface area contributed by atoms with Gasteiger partial charge in [-0.05, 0) is 47.5 Å². The van der Waals surface area contributed by atoms with Gasteiger partial charge in [0.05, 0.1) is 6.04 Å². The summed E-state index contributed by atoms with van der Waals surface area (Å²) in [5.74, 6) is -1.12. The van der Waals surface area contributed by atoms with Crippen LogP contribution in [0.25, 0.3) is 0 Å². The van der Waals surface area contributed by atoms with Crippen LogP contribution in [0.15, 0.2) is 0 Å². The van der Waals surface area contributed by atoms with Crippen molar-refractivity contribution in [2.75, 3.05) is 7.05 Å². The summed E-state index contributed by atoms with van der Waals surface area (Å²) in [6.07, 6.45) is 2.18. The second kappa shape index (κ2) is 5.49. The summed E-state index contributed by atoms with van der Waals surface area (Å²) in [6, 6.07) is 0.460. The van der Waals surface area contributed by atoms with Crippen LogP contribution in [-0.2, 0) is 9.59 Å². The lowest BCUT2D eigenvalue weighted by molar-refractivity contribution is -0.157. The molecule has 0 aliphatic carbocycles. The minimum atomic E-state index is -1.18. The Bertz CT molecular complexity index is 358. The van der Waals surface area contributed by atoms with Crippen LogP contribution in [0, 0.1) is 0 Å². The van der Waals surface area contributed by atoms with E-state index >= 15 is 0 Å². The Hall–Kier alpha value is -1.10. The Balaban J connectivity index is 2.85. The molecule has 0 spiro atoms. The van der Waals surface area contributed by atoms with Crippen molar-refractivity contribution >= 4 is 11.9 Å². The van der Waals surface area contributed by atoms with Crippen LogP contribution >= 0.6 is 0 Å². The molecule has 1 saturated heterocycles. The number of amides is 1. The van der Waals surface area contributed by atoms with Gasteiger partial charge in [-0.15, -0.1) is 0 Å². The van der Waals surface area contributed by atoms with Crippen LogP contribution in [0.5, 0.6) is 0 Å². The zero-order chi connectivity index (χ0) is 15.0. The predicted molar refractivity (Wildman–Crippen MR) is 73.9 cm³/mol. The van der Waals surface area contributed by atoms with Gasteiger partial charge in [0.25, 0.3) is 0 Å². The monoisotopic (exact) mass is 270 g/mol. The van der Waals surface area contributed by atoms with Crippen molar-refractivity contribution < 1.29 is 14.7 Å². The van der Waals surface area contributed by atoms with Crippen LogP contribution in [0.1, 0.15) is 47.5 Å². The number of likely N-dealkylation sites (tertiary alicyclic amines) is 1. The predicted octanol–water partition coefficient (Wildman–Crippen LogP) is 1.57. The highest BCUT2D eigenvalue weighted by molar-refractivity contribution is 5.88. The molecule has 1 amide bonds. The van der Waals surface area contributed by atoms with Gasteiger partial charge in [0.1, 0.15) is 5.54 Å². The standard InChI is InChI=1S/C14H26N2O3/c1-9-7-8-10(2)16(9)11(3)12(17)15(6)14(4,5)13(18)19/h9-11H,7-8H2,1-6H3,(H,18,19). The number of likely N-dealkylation sites (N-methyl/N-ethyl adjacent to an activating group) is 1. The lowest BCUT2D eigenvalue weighted by Crippen LogP contribution is -2.57. The maximum absolute atomic E-state index is 12.5. The first-order chi connectivity index (χ1) is 8.60. The van der Waals surface area contributed by atoms with Crippen molar-refractivity contribution in [2.24, 2.45) is 0 Å². The van der Waals surface area contributed by atoms with Crippen LogP contribution in [0.2, 0.25) is 0 Å². The minimum absolute atomic E-state index is 0.131. The van der Waals surface area contributed by atoms with E-state index in [1.165, 1.54) is 4.90 Å². The van der Waals surface area contributed by atoms with Crippen LogP contribution in [-0.4, -0.2) is 57.5 Å². The lowest BCUT2D eigenvalue weighted by Gasteiger charge is -2.38. The van der Waals surface area contributed by atoms with Gasteiger partial charge in [0, 0.05) is 19.1 Å². The van der Waals surface area contributed by atoms with Crippen molar-refractivity contribution in [1.29, 1.82) is 0 Å². The van der Waals surface area contributed by atoms with E-state index in [1.807, 2.05) is 6.92 Å². The van der Waals surface area contributed by atoms with E-state index in [0.717, 1.165) is 12.8 Å². The molecule has 1 aliphatic rings. The number of nitrogens with zero attached hydrogens (tertiary/aromatic N) is 2. The van der Waals surface area contributed by atoms with E-state index in [1.54, 1.807) is 20.9 Å². The molecule has 5 heteroatoms. The van der Waals surface area contributed by atoms with Gasteiger partial charge in [-0.25, -0.2) is 4.79 Å². The fraction of sp³-hybridized carbons (Fsp3) is 0.857. The van der Waals surface area contributed by atoms with Crippen molar-refractivity contribution in [3.8, 4) is 0 Å². The summed E-state index contributed by atoms with van der Waals surface area (Å²) < 4.78 is 0. The summed E-state index contributed by atoms with van der Waals surface area (Å²) >= 11 is 0. The molecule has 3 unspecified atom stereocenters. The zero-order valence-electron chi connectivity index (χ0n) is 12.8. The average Bonchev–Trinajstić information content (AvgIpc) is 2.66. The summed E-state index contributed by atoms with van der Waals surface area (Å²) in [5, 5.41) is 9.20. The van der Waals surface area contributed by atoms with Crippen LogP contribution < -0.4 is 0 Å². The van der Waals surface area contributed by atoms with Gasteiger partial charge >= 0.3 is 5.97 Å². The van der Waals surface area contributed by atoms with Gasteiger partial charge in [0.15, 0.2) is 0 Å². The first kappa shape index (κ1) is 16.0. The fourth-order valence-electron chi connectivity index (χ4n) is 2.81. The highest BCUT2D eigenvalue weighted by Gasteiger charge is 2.41. The number of carboxylic acids is 1. The number of carbonyl (C=O) groups excluding carboxylic acids is 1. The van der Waals surface area contributed by atoms with E-state index in [0.29, 0.717) is 12.1 Å². The van der Waals surface area contributed by atoms with Crippen LogP contribution in [0.4, 0.5) is 0 Å². The maximum atomic E-state index is 12.5. The Morgan fingerprint density at radius 2 is 1.68 bits per heavy atom. The van der Waals surface area contributed by atoms with Crippen molar-refractivity contribution in [3.05, 3.63) is 0 Å². The Kier molecular flexibility index (Phi) is 4.61. The third-order valence-electron chi connectivity index (χ3n) is 4.52. The Labute approximate surface area is 115 Å². The molecule has 0 saturated carbocycles. The number of aliphatic carboxylic acids is 1. The molecular weight excluding hydrogens is 244 g/mol. The highest BCUT2D eigenvalue weighted by atomic mass is 16.4. The molecule has 3 atom stereocenters. The molecule has 1 aliphatic heterocycles. The molecule has 1 heterocycles. The Morgan fingerprint density at radius 3 is 2.05 bits per heavy atom. The van der Waals surface area contributed by atoms with E-state index in [9.17, 15) is 14.7 Å². The Morgan fingerprint density at radius 1 is 1.26 bits per heavy atom. The number of carboxylic acid groups (broad SMARTS) is 1. The van der Waals surface area contributed by atoms with E-state index in [4.69, 9.17) is 0 Å². The first-order valence-corrected chi connectivity index (χ1v) is 6.89. The van der Waals surface area contributed by atoms with Gasteiger partial charge in [-0.2, -0.15) is 0 Å². The fourth-order valence-corrected chi connectivity index (χ4v) is 2.81. The highest BCUT2D eigenvalue weighted by Crippen LogP contribution is 2.27. The summed E-state index contributed by atoms with van der Waals surface area (Å²) in [4.78, 5) is 27.3. The van der Waals surface area contributed by atoms with Gasteiger partial charge in [-0.3, -0.25) is 9.69 Å². The average molecular weight is 270 g/mol. The molecule has 5 nitrogen and oxygen atoms in total. The van der Waals surface area contributed by atoms with Crippen molar-refractivity contribution in [1.82, 2.24) is 9.80 Å². The number of hydrogen-bond donors (Lipinski definition) is 1. The smallest absolute Gasteiger partial charge is 0.329 e. The second-order valence-electron chi connectivity index (χ2n) is 6.16. The molecule has 0 aromatic carbocycles. The van der Waals surface area contributed by atoms with Crippen molar-refractivity contribution in [3.63, 3.8) is 0 Å². The molecule has 1 N–H and O–H groups in total. The van der Waals surface area contributed by atoms with E-state index in [-0.39, 0.29) is 11.9 Å². The number of carbonyl (C=O) groups is 2. The van der Waals surface area contributed by atoms with E-state index in [2.05, 4.69) is 18.7 Å². The van der Waals surface area contributed by atoms with E-state index < -0.39 is 11.5 Å². The molecule has 0 aromatic heterocycles. The third kappa shape index (κ3) is 2.91. The summed E-state index contributed by atoms with van der Waals surface area (Å²) in [7, 11) is 1.57. The third-order valence-corrected chi connectivity index (χ3v) is 4.52. The largest absolute Gasteiger partial charge is 0.480 e. The van der Waals surface area contributed by atoms with Gasteiger partial charge < -0.3 is 10.0 Å². The van der Waals surface area contributed by atoms with Gasteiger partial charge in [-0.1, -0.05) is 0 Å². The molecule has 19 heavy (non-hydrogen) atoms. The molecule has 110 valence electrons. The summed E-state index contributed by atoms with van der Waals surface area (Å²) in [5.41, 5.74) is -1.18. The molecule has 0 aromatic rings. The number of hydrogen-bond acceptors (Lipinski definition) is 3. The topological polar surface area (TPSA) is 60.9 Å². The van der Waals surface area contributed by atoms with Gasteiger partial charge in [0.2, 0.25) is 5.91 Å². The lowest BCUT2D eigenvalue weighted by atomic mass is 10.0. The zero-order valence-corrected chi connectivity index (χ0v) is 12.8. The maximum Gasteiger partial charge on any atom is 0.329 e. The normalized spacial score (nSPS) is 26.2. The SMILES string of the molecule is CC1CCC(C)N1C(C)C(=O)N(C)C(C)(C)C(=O)O. The molecule has 0 bridgehead atoms. The molecule has 1 rings (SSSR count). The second-order valence-corrected chi connectivity index (χ2v) is 6.16. The molecule has 0 radical (unpaired) electrons. The summed E-state index contributed by atoms with van der Waals surface area (Å²) in [6.45, 7) is 9.22.